The molecule has 0 bridgehead atoms. The smallest absolute Gasteiger partial charge is 0.171 e. The molecule has 0 N–H and O–H groups in total. The number of allylic oxidation sites excluding steroid dienone is 6. The monoisotopic (exact) mass is 700 g/mol. The minimum absolute atomic E-state index is 0. The molecule has 44 heavy (non-hydrogen) atoms. The average molecular weight is 703 g/mol. The van der Waals surface area contributed by atoms with Crippen molar-refractivity contribution in [2.75, 3.05) is 0 Å². The number of halogens is 2. The van der Waals surface area contributed by atoms with E-state index >= 15 is 0 Å². The normalized spacial score (nSPS) is 15.7. The molecular weight excluding hydrogens is 655 g/mol. The maximum absolute atomic E-state index is 3.50. The van der Waals surface area contributed by atoms with Crippen LogP contribution in [0.25, 0.3) is 23.3 Å². The van der Waals surface area contributed by atoms with Gasteiger partial charge in [0.25, 0.3) is 0 Å². The third kappa shape index (κ3) is 9.25. The van der Waals surface area contributed by atoms with Crippen molar-refractivity contribution >= 4 is 41.2 Å². The molecule has 0 saturated heterocycles. The van der Waals surface area contributed by atoms with Crippen molar-refractivity contribution in [1.82, 2.24) is 0 Å². The van der Waals surface area contributed by atoms with Crippen molar-refractivity contribution in [3.05, 3.63) is 137 Å². The van der Waals surface area contributed by atoms with E-state index in [2.05, 4.69) is 132 Å². The van der Waals surface area contributed by atoms with E-state index in [1.807, 2.05) is 30.3 Å². The Balaban J connectivity index is 0.000000385. The van der Waals surface area contributed by atoms with Crippen LogP contribution in [0.5, 0.6) is 0 Å². The Bertz CT molecular complexity index is 1390. The molecule has 3 aromatic carbocycles. The van der Waals surface area contributed by atoms with Gasteiger partial charge in [0.1, 0.15) is 0 Å². The molecule has 3 aromatic rings. The Labute approximate surface area is 296 Å². The summed E-state index contributed by atoms with van der Waals surface area (Å²) in [5.41, 5.74) is 13.4. The van der Waals surface area contributed by atoms with E-state index in [4.69, 9.17) is 0 Å². The molecular formula is C41H48Cl2Zr-4. The summed E-state index contributed by atoms with van der Waals surface area (Å²) in [6, 6.07) is 22.2. The quantitative estimate of drug-likeness (QED) is 0.160. The van der Waals surface area contributed by atoms with Gasteiger partial charge in [0.05, 0.1) is 0 Å². The van der Waals surface area contributed by atoms with Crippen LogP contribution in [0.3, 0.4) is 0 Å². The van der Waals surface area contributed by atoms with E-state index in [1.165, 1.54) is 74.3 Å². The summed E-state index contributed by atoms with van der Waals surface area (Å²) in [5, 5.41) is 0. The van der Waals surface area contributed by atoms with Crippen LogP contribution in [0.1, 0.15) is 95.2 Å². The van der Waals surface area contributed by atoms with Crippen LogP contribution in [0.15, 0.2) is 78.4 Å². The summed E-state index contributed by atoms with van der Waals surface area (Å²) in [4.78, 5) is 0. The first-order valence-electron chi connectivity index (χ1n) is 14.9. The van der Waals surface area contributed by atoms with Crippen LogP contribution in [0.2, 0.25) is 0 Å². The number of benzene rings is 3. The molecule has 0 radical (unpaired) electrons. The Morgan fingerprint density at radius 1 is 0.795 bits per heavy atom. The van der Waals surface area contributed by atoms with Crippen molar-refractivity contribution in [2.24, 2.45) is 5.41 Å². The van der Waals surface area contributed by atoms with E-state index in [0.29, 0.717) is 5.41 Å². The zero-order valence-corrected chi connectivity index (χ0v) is 31.8. The predicted octanol–water partition coefficient (Wildman–Crippen LogP) is 11.5. The zero-order chi connectivity index (χ0) is 31.1. The second-order valence-electron chi connectivity index (χ2n) is 12.9. The van der Waals surface area contributed by atoms with Gasteiger partial charge in [-0.15, -0.1) is 42.9 Å². The van der Waals surface area contributed by atoms with Crippen molar-refractivity contribution < 1.29 is 24.2 Å². The Hall–Kier alpha value is -2.05. The Morgan fingerprint density at radius 3 is 1.82 bits per heavy atom. The van der Waals surface area contributed by atoms with E-state index < -0.39 is 0 Å². The van der Waals surface area contributed by atoms with Gasteiger partial charge in [0, 0.05) is 5.41 Å². The standard InChI is InChI=1S/C23H21.C9H13.C6H5.C2H5.CH2.2ClH.Zr/c1-22(2)7-5-14-10-18-16(12-20(14)22)9-17-13-21-15(11-19(17)18)6-8-23(21,3)4;1-9(2,3)8-6-4-5-7-8;1-2-4-6-5-3-1;1-2;;;;/h5-7,10-13H,9H2,1-4H3;6-7H,4H2,1-3H3;1-5H;1H2,2H3;1H2;2*1H;/q4*-1;;;;. The summed E-state index contributed by atoms with van der Waals surface area (Å²) in [6.07, 6.45) is 19.9. The molecule has 234 valence electrons. The summed E-state index contributed by atoms with van der Waals surface area (Å²) in [5.74, 6) is 0. The molecule has 0 unspecified atom stereocenters. The molecule has 0 atom stereocenters. The molecule has 7 rings (SSSR count). The fourth-order valence-corrected chi connectivity index (χ4v) is 5.66. The zero-order valence-electron chi connectivity index (χ0n) is 27.7. The summed E-state index contributed by atoms with van der Waals surface area (Å²) in [6.45, 7) is 20.8. The van der Waals surface area contributed by atoms with Crippen LogP contribution in [-0.4, -0.2) is 4.21 Å². The van der Waals surface area contributed by atoms with Crippen molar-refractivity contribution in [2.45, 2.75) is 79.1 Å². The minimum Gasteiger partial charge on any atom is -0.184 e. The predicted molar refractivity (Wildman–Crippen MR) is 195 cm³/mol. The van der Waals surface area contributed by atoms with Crippen LogP contribution in [-0.2, 0) is 41.5 Å². The summed E-state index contributed by atoms with van der Waals surface area (Å²) < 4.78 is 3.34. The van der Waals surface area contributed by atoms with Gasteiger partial charge in [-0.25, -0.2) is 12.2 Å². The molecule has 0 aliphatic heterocycles. The maximum atomic E-state index is 3.50. The second-order valence-corrected chi connectivity index (χ2v) is 12.9. The van der Waals surface area contributed by atoms with Crippen LogP contribution < -0.4 is 0 Å². The number of hydrogen-bond acceptors (Lipinski definition) is 0. The van der Waals surface area contributed by atoms with Gasteiger partial charge >= 0.3 is 28.4 Å². The third-order valence-corrected chi connectivity index (χ3v) is 8.03. The molecule has 0 spiro atoms. The fraction of sp³-hybridized carbons (Fsp3) is 0.317. The van der Waals surface area contributed by atoms with Gasteiger partial charge in [-0.1, -0.05) is 83.6 Å². The number of rotatable bonds is 0. The number of hydrogen-bond donors (Lipinski definition) is 0. The Kier molecular flexibility index (Phi) is 15.5. The Morgan fingerprint density at radius 2 is 1.36 bits per heavy atom. The summed E-state index contributed by atoms with van der Waals surface area (Å²) >= 11 is 1.30. The molecule has 3 heteroatoms. The minimum atomic E-state index is 0. The van der Waals surface area contributed by atoms with Gasteiger partial charge in [0.2, 0.25) is 0 Å². The molecule has 4 aliphatic carbocycles. The van der Waals surface area contributed by atoms with E-state index in [-0.39, 0.29) is 35.6 Å². The molecule has 4 aliphatic rings. The van der Waals surface area contributed by atoms with Crippen molar-refractivity contribution in [3.63, 3.8) is 0 Å². The van der Waals surface area contributed by atoms with E-state index in [9.17, 15) is 0 Å². The SMILES string of the molecule is CC(C)(C)C1=CC[C-]=C1.CC1(C)[C-]=Cc2cc3c(cc21)Cc1cc2c(cc1-3)C=CC2(C)C.Cl.Cl.[CH2-]C.[CH2]=[Zr].[c-]1ccccc1. The van der Waals surface area contributed by atoms with Crippen LogP contribution in [0, 0.1) is 30.6 Å². The number of fused-ring (bicyclic) bond motifs is 5. The average Bonchev–Trinajstić information content (AvgIpc) is 3.77. The largest absolute Gasteiger partial charge is 0.184 e. The molecule has 0 saturated carbocycles. The summed E-state index contributed by atoms with van der Waals surface area (Å²) in [7, 11) is 0. The van der Waals surface area contributed by atoms with Gasteiger partial charge in [-0.05, 0) is 45.9 Å². The second kappa shape index (κ2) is 17.0. The van der Waals surface area contributed by atoms with E-state index in [1.54, 1.807) is 6.92 Å². The maximum Gasteiger partial charge on any atom is -0.171 e. The molecule has 0 aromatic heterocycles. The van der Waals surface area contributed by atoms with Gasteiger partial charge in [0.15, 0.2) is 0 Å². The van der Waals surface area contributed by atoms with Gasteiger partial charge < -0.3 is 6.92 Å². The molecule has 0 heterocycles. The van der Waals surface area contributed by atoms with Gasteiger partial charge in [-0.3, -0.25) is 12.2 Å². The van der Waals surface area contributed by atoms with Crippen molar-refractivity contribution in [3.8, 4) is 11.1 Å². The van der Waals surface area contributed by atoms with Gasteiger partial charge in [-0.2, -0.15) is 60.5 Å². The van der Waals surface area contributed by atoms with Crippen LogP contribution in [0.4, 0.5) is 0 Å². The van der Waals surface area contributed by atoms with E-state index in [0.717, 1.165) is 12.8 Å². The first kappa shape index (κ1) is 40.0. The molecule has 0 fully saturated rings. The topological polar surface area (TPSA) is 0 Å². The molecule has 0 nitrogen and oxygen atoms in total. The van der Waals surface area contributed by atoms with Crippen molar-refractivity contribution in [1.29, 1.82) is 0 Å². The fourth-order valence-electron chi connectivity index (χ4n) is 5.66. The first-order valence-corrected chi connectivity index (χ1v) is 16.6. The van der Waals surface area contributed by atoms with Crippen LogP contribution >= 0.6 is 24.8 Å². The molecule has 0 amide bonds. The first-order chi connectivity index (χ1) is 20.0. The third-order valence-electron chi connectivity index (χ3n) is 8.03.